The Bertz CT molecular complexity index is 446. The average molecular weight is 293 g/mol. The molecule has 2 heterocycles. The molecule has 0 radical (unpaired) electrons. The average Bonchev–Trinajstić information content (AvgIpc) is 2.89. The van der Waals surface area contributed by atoms with Crippen LogP contribution >= 0.6 is 0 Å². The van der Waals surface area contributed by atoms with Gasteiger partial charge in [-0.05, 0) is 45.8 Å². The van der Waals surface area contributed by atoms with E-state index in [0.29, 0.717) is 6.54 Å². The van der Waals surface area contributed by atoms with Crippen LogP contribution in [0.3, 0.4) is 0 Å². The summed E-state index contributed by atoms with van der Waals surface area (Å²) in [4.78, 5) is 11.2. The van der Waals surface area contributed by atoms with Crippen molar-refractivity contribution in [2.45, 2.75) is 26.3 Å². The zero-order chi connectivity index (χ0) is 15.1. The molecule has 1 saturated heterocycles. The van der Waals surface area contributed by atoms with Gasteiger partial charge in [0.15, 0.2) is 5.96 Å². The molecule has 7 heteroatoms. The Morgan fingerprint density at radius 1 is 1.33 bits per heavy atom. The van der Waals surface area contributed by atoms with Crippen LogP contribution in [-0.4, -0.2) is 58.9 Å². The number of aryl methyl sites for hydroxylation is 1. The lowest BCUT2D eigenvalue weighted by Gasteiger charge is -2.29. The van der Waals surface area contributed by atoms with Gasteiger partial charge in [-0.25, -0.2) is 9.98 Å². The monoisotopic (exact) mass is 293 g/mol. The number of nitrogens with one attached hydrogen (secondary N) is 2. The Balaban J connectivity index is 1.82. The molecule has 0 atom stereocenters. The number of nitrogens with zero attached hydrogens (tertiary/aromatic N) is 5. The van der Waals surface area contributed by atoms with Gasteiger partial charge in [-0.1, -0.05) is 0 Å². The molecule has 21 heavy (non-hydrogen) atoms. The van der Waals surface area contributed by atoms with Crippen molar-refractivity contribution in [2.24, 2.45) is 18.0 Å². The van der Waals surface area contributed by atoms with E-state index in [9.17, 15) is 0 Å². The maximum absolute atomic E-state index is 4.58. The van der Waals surface area contributed by atoms with Gasteiger partial charge in [-0.15, -0.1) is 0 Å². The summed E-state index contributed by atoms with van der Waals surface area (Å²) < 4.78 is 1.75. The van der Waals surface area contributed by atoms with Crippen molar-refractivity contribution in [3.63, 3.8) is 0 Å². The first-order chi connectivity index (χ1) is 10.2. The van der Waals surface area contributed by atoms with Crippen molar-refractivity contribution in [1.29, 1.82) is 0 Å². The highest BCUT2D eigenvalue weighted by Crippen LogP contribution is 2.14. The summed E-state index contributed by atoms with van der Waals surface area (Å²) in [6, 6.07) is 0. The fraction of sp³-hybridized carbons (Fsp3) is 0.786. The number of hydrogen-bond acceptors (Lipinski definition) is 4. The highest BCUT2D eigenvalue weighted by atomic mass is 15.3. The summed E-state index contributed by atoms with van der Waals surface area (Å²) in [5.74, 6) is 2.46. The van der Waals surface area contributed by atoms with Crippen LogP contribution in [0.5, 0.6) is 0 Å². The van der Waals surface area contributed by atoms with Crippen molar-refractivity contribution in [3.05, 3.63) is 12.2 Å². The van der Waals surface area contributed by atoms with Crippen LogP contribution in [0.1, 0.15) is 25.6 Å². The van der Waals surface area contributed by atoms with Crippen molar-refractivity contribution >= 4 is 5.96 Å². The highest BCUT2D eigenvalue weighted by molar-refractivity contribution is 5.79. The topological polar surface area (TPSA) is 70.4 Å². The number of likely N-dealkylation sites (tertiary alicyclic amines) is 1. The maximum Gasteiger partial charge on any atom is 0.191 e. The fourth-order valence-electron chi connectivity index (χ4n) is 2.46. The normalized spacial score (nSPS) is 18.0. The molecule has 0 aliphatic carbocycles. The summed E-state index contributed by atoms with van der Waals surface area (Å²) in [5, 5.41) is 10.8. The molecule has 7 nitrogen and oxygen atoms in total. The molecule has 1 aromatic rings. The summed E-state index contributed by atoms with van der Waals surface area (Å²) in [6.45, 7) is 6.85. The lowest BCUT2D eigenvalue weighted by atomic mass is 9.97. The van der Waals surface area contributed by atoms with Gasteiger partial charge in [0.25, 0.3) is 0 Å². The highest BCUT2D eigenvalue weighted by Gasteiger charge is 2.16. The Morgan fingerprint density at radius 3 is 2.71 bits per heavy atom. The third-order valence-corrected chi connectivity index (χ3v) is 3.92. The third-order valence-electron chi connectivity index (χ3n) is 3.92. The van der Waals surface area contributed by atoms with Gasteiger partial charge in [0.05, 0.1) is 0 Å². The molecule has 0 saturated carbocycles. The van der Waals surface area contributed by atoms with Crippen molar-refractivity contribution < 1.29 is 0 Å². The lowest BCUT2D eigenvalue weighted by molar-refractivity contribution is 0.220. The molecule has 0 bridgehead atoms. The first kappa shape index (κ1) is 15.8. The van der Waals surface area contributed by atoms with Gasteiger partial charge in [0, 0.05) is 20.1 Å². The molecule has 1 aliphatic heterocycles. The molecular weight excluding hydrogens is 266 g/mol. The number of rotatable bonds is 5. The van der Waals surface area contributed by atoms with Crippen molar-refractivity contribution in [1.82, 2.24) is 30.3 Å². The van der Waals surface area contributed by atoms with Gasteiger partial charge in [-0.3, -0.25) is 4.68 Å². The quantitative estimate of drug-likeness (QED) is 0.600. The molecule has 1 aliphatic rings. The first-order valence-corrected chi connectivity index (χ1v) is 7.72. The van der Waals surface area contributed by atoms with E-state index in [0.717, 1.165) is 30.8 Å². The molecule has 2 N–H and O–H groups in total. The molecular formula is C14H27N7. The molecule has 0 aromatic carbocycles. The lowest BCUT2D eigenvalue weighted by Crippen LogP contribution is -2.42. The van der Waals surface area contributed by atoms with E-state index in [2.05, 4.69) is 44.6 Å². The van der Waals surface area contributed by atoms with Crippen molar-refractivity contribution in [2.75, 3.05) is 33.2 Å². The second-order valence-corrected chi connectivity index (χ2v) is 5.62. The first-order valence-electron chi connectivity index (χ1n) is 7.72. The van der Waals surface area contributed by atoms with Gasteiger partial charge in [-0.2, -0.15) is 5.10 Å². The second-order valence-electron chi connectivity index (χ2n) is 5.62. The summed E-state index contributed by atoms with van der Waals surface area (Å²) in [7, 11) is 4.08. The van der Waals surface area contributed by atoms with E-state index in [1.54, 1.807) is 11.0 Å². The molecule has 118 valence electrons. The van der Waals surface area contributed by atoms with Gasteiger partial charge in [0.1, 0.15) is 18.7 Å². The number of aromatic nitrogens is 3. The minimum atomic E-state index is 0.541. The fourth-order valence-corrected chi connectivity index (χ4v) is 2.46. The maximum atomic E-state index is 4.58. The minimum absolute atomic E-state index is 0.541. The molecule has 2 rings (SSSR count). The van der Waals surface area contributed by atoms with E-state index in [1.807, 2.05) is 7.05 Å². The third kappa shape index (κ3) is 5.00. The molecule has 0 spiro atoms. The van der Waals surface area contributed by atoms with Crippen LogP contribution < -0.4 is 10.6 Å². The van der Waals surface area contributed by atoms with Crippen molar-refractivity contribution in [3.8, 4) is 0 Å². The zero-order valence-corrected chi connectivity index (χ0v) is 13.3. The number of aliphatic imine (C=N–C) groups is 1. The standard InChI is InChI=1S/C14H27N7/c1-4-15-14(17-10-13-18-11-19-21(13)3)16-9-12-5-7-20(2)8-6-12/h11-12H,4-10H2,1-3H3,(H2,15,16,17). The summed E-state index contributed by atoms with van der Waals surface area (Å²) in [6.07, 6.45) is 4.07. The van der Waals surface area contributed by atoms with Gasteiger partial charge < -0.3 is 15.5 Å². The van der Waals surface area contributed by atoms with Gasteiger partial charge >= 0.3 is 0 Å². The van der Waals surface area contributed by atoms with E-state index in [4.69, 9.17) is 0 Å². The summed E-state index contributed by atoms with van der Waals surface area (Å²) >= 11 is 0. The summed E-state index contributed by atoms with van der Waals surface area (Å²) in [5.41, 5.74) is 0. The Kier molecular flexibility index (Phi) is 5.98. The molecule has 0 unspecified atom stereocenters. The minimum Gasteiger partial charge on any atom is -0.357 e. The largest absolute Gasteiger partial charge is 0.357 e. The van der Waals surface area contributed by atoms with E-state index < -0.39 is 0 Å². The van der Waals surface area contributed by atoms with E-state index in [-0.39, 0.29) is 0 Å². The molecule has 0 amide bonds. The van der Waals surface area contributed by atoms with Crippen LogP contribution in [0, 0.1) is 5.92 Å². The van der Waals surface area contributed by atoms with Crippen LogP contribution in [0.25, 0.3) is 0 Å². The predicted molar refractivity (Wildman–Crippen MR) is 84.0 cm³/mol. The Hall–Kier alpha value is -1.63. The smallest absolute Gasteiger partial charge is 0.191 e. The van der Waals surface area contributed by atoms with Crippen LogP contribution in [0.2, 0.25) is 0 Å². The van der Waals surface area contributed by atoms with Crippen LogP contribution in [-0.2, 0) is 13.6 Å². The van der Waals surface area contributed by atoms with E-state index >= 15 is 0 Å². The Labute approximate surface area is 126 Å². The second kappa shape index (κ2) is 7.97. The SMILES string of the molecule is CCNC(=NCc1ncnn1C)NCC1CCN(C)CC1. The number of piperidine rings is 1. The van der Waals surface area contributed by atoms with Gasteiger partial charge in [0.2, 0.25) is 0 Å². The Morgan fingerprint density at radius 2 is 2.10 bits per heavy atom. The predicted octanol–water partition coefficient (Wildman–Crippen LogP) is 0.212. The van der Waals surface area contributed by atoms with Crippen LogP contribution in [0.4, 0.5) is 0 Å². The van der Waals surface area contributed by atoms with Crippen LogP contribution in [0.15, 0.2) is 11.3 Å². The number of hydrogen-bond donors (Lipinski definition) is 2. The number of guanidine groups is 1. The van der Waals surface area contributed by atoms with E-state index in [1.165, 1.54) is 25.9 Å². The zero-order valence-electron chi connectivity index (χ0n) is 13.3. The molecule has 1 aromatic heterocycles. The molecule has 1 fully saturated rings.